The maximum Gasteiger partial charge on any atom is 0.307 e. The van der Waals surface area contributed by atoms with E-state index in [-0.39, 0.29) is 17.9 Å². The number of morpholine rings is 1. The Morgan fingerprint density at radius 1 is 1.20 bits per heavy atom. The van der Waals surface area contributed by atoms with Crippen molar-refractivity contribution in [2.45, 2.75) is 45.6 Å². The second-order valence-corrected chi connectivity index (χ2v) is 5.97. The standard InChI is InChI=1S/C15H25NO4/c1-3-10-7-12(13(8-10)15(18)19)14(17)16-5-6-20-9-11(16)4-2/h10-13H,3-9H2,1-2H3,(H,18,19)/t10?,11?,12-,13+/m0/s1. The van der Waals surface area contributed by atoms with Crippen LogP contribution in [0.2, 0.25) is 0 Å². The van der Waals surface area contributed by atoms with Gasteiger partial charge < -0.3 is 14.7 Å². The summed E-state index contributed by atoms with van der Waals surface area (Å²) in [6.07, 6.45) is 3.17. The lowest BCUT2D eigenvalue weighted by Crippen LogP contribution is -2.51. The summed E-state index contributed by atoms with van der Waals surface area (Å²) in [7, 11) is 0. The third-order valence-corrected chi connectivity index (χ3v) is 4.85. The largest absolute Gasteiger partial charge is 0.481 e. The summed E-state index contributed by atoms with van der Waals surface area (Å²) in [5.41, 5.74) is 0. The Bertz CT molecular complexity index is 371. The Labute approximate surface area is 120 Å². The molecule has 0 aromatic carbocycles. The summed E-state index contributed by atoms with van der Waals surface area (Å²) >= 11 is 0. The number of aliphatic carboxylic acids is 1. The van der Waals surface area contributed by atoms with Crippen LogP contribution >= 0.6 is 0 Å². The van der Waals surface area contributed by atoms with Crippen LogP contribution in [0.5, 0.6) is 0 Å². The van der Waals surface area contributed by atoms with Crippen LogP contribution in [-0.2, 0) is 14.3 Å². The van der Waals surface area contributed by atoms with Crippen molar-refractivity contribution in [1.82, 2.24) is 4.90 Å². The Hall–Kier alpha value is -1.10. The lowest BCUT2D eigenvalue weighted by atomic mass is 9.93. The average molecular weight is 283 g/mol. The molecule has 1 aliphatic heterocycles. The van der Waals surface area contributed by atoms with Crippen molar-refractivity contribution in [3.63, 3.8) is 0 Å². The Balaban J connectivity index is 2.11. The first-order valence-electron chi connectivity index (χ1n) is 7.69. The van der Waals surface area contributed by atoms with Crippen molar-refractivity contribution in [3.05, 3.63) is 0 Å². The second kappa shape index (κ2) is 6.57. The first-order valence-corrected chi connectivity index (χ1v) is 7.69. The third kappa shape index (κ3) is 2.97. The van der Waals surface area contributed by atoms with E-state index < -0.39 is 11.9 Å². The molecule has 1 saturated heterocycles. The van der Waals surface area contributed by atoms with Crippen LogP contribution in [0.15, 0.2) is 0 Å². The van der Waals surface area contributed by atoms with Gasteiger partial charge in [-0.3, -0.25) is 9.59 Å². The lowest BCUT2D eigenvalue weighted by molar-refractivity contribution is -0.153. The zero-order valence-corrected chi connectivity index (χ0v) is 12.4. The van der Waals surface area contributed by atoms with Gasteiger partial charge in [-0.2, -0.15) is 0 Å². The molecule has 1 amide bonds. The number of carbonyl (C=O) groups excluding carboxylic acids is 1. The first-order chi connectivity index (χ1) is 9.58. The molecule has 5 nitrogen and oxygen atoms in total. The summed E-state index contributed by atoms with van der Waals surface area (Å²) in [4.78, 5) is 26.0. The van der Waals surface area contributed by atoms with Gasteiger partial charge >= 0.3 is 5.97 Å². The molecule has 1 N–H and O–H groups in total. The first kappa shape index (κ1) is 15.3. The van der Waals surface area contributed by atoms with Crippen molar-refractivity contribution in [3.8, 4) is 0 Å². The quantitative estimate of drug-likeness (QED) is 0.853. The molecular weight excluding hydrogens is 258 g/mol. The van der Waals surface area contributed by atoms with Crippen molar-refractivity contribution in [1.29, 1.82) is 0 Å². The zero-order valence-electron chi connectivity index (χ0n) is 12.4. The second-order valence-electron chi connectivity index (χ2n) is 5.97. The number of ether oxygens (including phenoxy) is 1. The van der Waals surface area contributed by atoms with Crippen LogP contribution in [0.1, 0.15) is 39.5 Å². The van der Waals surface area contributed by atoms with E-state index in [1.165, 1.54) is 0 Å². The Morgan fingerprint density at radius 3 is 2.50 bits per heavy atom. The van der Waals surface area contributed by atoms with Crippen LogP contribution in [0.25, 0.3) is 0 Å². The van der Waals surface area contributed by atoms with E-state index >= 15 is 0 Å². The maximum atomic E-state index is 12.8. The fraction of sp³-hybridized carbons (Fsp3) is 0.867. The molecule has 20 heavy (non-hydrogen) atoms. The summed E-state index contributed by atoms with van der Waals surface area (Å²) in [5, 5.41) is 9.37. The Kier molecular flexibility index (Phi) is 5.02. The van der Waals surface area contributed by atoms with Crippen LogP contribution in [0, 0.1) is 17.8 Å². The number of carbonyl (C=O) groups is 2. The van der Waals surface area contributed by atoms with E-state index in [1.807, 2.05) is 11.8 Å². The van der Waals surface area contributed by atoms with Gasteiger partial charge in [0.05, 0.1) is 31.1 Å². The molecule has 0 aromatic heterocycles. The topological polar surface area (TPSA) is 66.8 Å². The highest BCUT2D eigenvalue weighted by atomic mass is 16.5. The summed E-state index contributed by atoms with van der Waals surface area (Å²) in [6, 6.07) is 0.103. The monoisotopic (exact) mass is 283 g/mol. The van der Waals surface area contributed by atoms with E-state index in [1.54, 1.807) is 0 Å². The van der Waals surface area contributed by atoms with Gasteiger partial charge in [-0.25, -0.2) is 0 Å². The fourth-order valence-electron chi connectivity index (χ4n) is 3.52. The number of rotatable bonds is 4. The smallest absolute Gasteiger partial charge is 0.307 e. The van der Waals surface area contributed by atoms with Gasteiger partial charge in [-0.1, -0.05) is 20.3 Å². The number of carboxylic acids is 1. The van der Waals surface area contributed by atoms with Crippen molar-refractivity contribution >= 4 is 11.9 Å². The number of nitrogens with zero attached hydrogens (tertiary/aromatic N) is 1. The number of amides is 1. The van der Waals surface area contributed by atoms with E-state index in [2.05, 4.69) is 6.92 Å². The number of hydrogen-bond acceptors (Lipinski definition) is 3. The predicted octanol–water partition coefficient (Wildman–Crippen LogP) is 1.76. The van der Waals surface area contributed by atoms with Crippen LogP contribution in [0.4, 0.5) is 0 Å². The van der Waals surface area contributed by atoms with Gasteiger partial charge in [0, 0.05) is 6.54 Å². The fourth-order valence-corrected chi connectivity index (χ4v) is 3.52. The summed E-state index contributed by atoms with van der Waals surface area (Å²) in [5.74, 6) is -1.27. The molecule has 0 radical (unpaired) electrons. The molecule has 1 aliphatic carbocycles. The normalized spacial score (nSPS) is 34.2. The van der Waals surface area contributed by atoms with E-state index in [4.69, 9.17) is 4.74 Å². The van der Waals surface area contributed by atoms with Gasteiger partial charge in [0.1, 0.15) is 0 Å². The van der Waals surface area contributed by atoms with Crippen molar-refractivity contribution < 1.29 is 19.4 Å². The van der Waals surface area contributed by atoms with Crippen LogP contribution in [0.3, 0.4) is 0 Å². The highest BCUT2D eigenvalue weighted by molar-refractivity contribution is 5.85. The summed E-state index contributed by atoms with van der Waals surface area (Å²) < 4.78 is 5.42. The molecule has 0 bridgehead atoms. The number of hydrogen-bond donors (Lipinski definition) is 1. The zero-order chi connectivity index (χ0) is 14.7. The van der Waals surface area contributed by atoms with Crippen LogP contribution < -0.4 is 0 Å². The molecule has 5 heteroatoms. The molecule has 2 aliphatic rings. The average Bonchev–Trinajstić information content (AvgIpc) is 2.91. The lowest BCUT2D eigenvalue weighted by Gasteiger charge is -2.37. The molecule has 1 saturated carbocycles. The van der Waals surface area contributed by atoms with Crippen molar-refractivity contribution in [2.24, 2.45) is 17.8 Å². The van der Waals surface area contributed by atoms with Crippen molar-refractivity contribution in [2.75, 3.05) is 19.8 Å². The molecule has 2 unspecified atom stereocenters. The number of carboxylic acid groups (broad SMARTS) is 1. The Morgan fingerprint density at radius 2 is 1.90 bits per heavy atom. The van der Waals surface area contributed by atoms with Gasteiger partial charge in [-0.15, -0.1) is 0 Å². The van der Waals surface area contributed by atoms with Gasteiger partial charge in [0.25, 0.3) is 0 Å². The minimum Gasteiger partial charge on any atom is -0.481 e. The van der Waals surface area contributed by atoms with Gasteiger partial charge in [0.15, 0.2) is 0 Å². The highest BCUT2D eigenvalue weighted by Gasteiger charge is 2.44. The molecule has 1 heterocycles. The minimum absolute atomic E-state index is 0.0310. The molecule has 2 rings (SSSR count). The molecule has 4 atom stereocenters. The molecule has 0 aromatic rings. The molecule has 114 valence electrons. The van der Waals surface area contributed by atoms with Crippen LogP contribution in [-0.4, -0.2) is 47.7 Å². The third-order valence-electron chi connectivity index (χ3n) is 4.85. The highest BCUT2D eigenvalue weighted by Crippen LogP contribution is 2.39. The van der Waals surface area contributed by atoms with Gasteiger partial charge in [-0.05, 0) is 25.2 Å². The molecular formula is C15H25NO4. The minimum atomic E-state index is -0.819. The summed E-state index contributed by atoms with van der Waals surface area (Å²) in [6.45, 7) is 5.84. The SMILES string of the molecule is CCC1C[C@H](C(=O)N2CCOCC2CC)[C@H](C(=O)O)C1. The van der Waals surface area contributed by atoms with E-state index in [0.717, 1.165) is 19.3 Å². The van der Waals surface area contributed by atoms with E-state index in [9.17, 15) is 14.7 Å². The molecule has 0 spiro atoms. The van der Waals surface area contributed by atoms with E-state index in [0.29, 0.717) is 32.1 Å². The predicted molar refractivity (Wildman–Crippen MR) is 74.2 cm³/mol. The van der Waals surface area contributed by atoms with Gasteiger partial charge in [0.2, 0.25) is 5.91 Å². The molecule has 2 fully saturated rings. The maximum absolute atomic E-state index is 12.8.